The van der Waals surface area contributed by atoms with E-state index in [1.807, 2.05) is 0 Å². The molecule has 0 aromatic heterocycles. The molecule has 6 heteroatoms. The Morgan fingerprint density at radius 1 is 1.23 bits per heavy atom. The van der Waals surface area contributed by atoms with Crippen LogP contribution in [0.4, 0.5) is 10.1 Å². The molecule has 0 saturated carbocycles. The molecule has 3 rings (SSSR count). The van der Waals surface area contributed by atoms with Crippen LogP contribution in [0.2, 0.25) is 0 Å². The highest BCUT2D eigenvalue weighted by atomic mass is 19.1. The van der Waals surface area contributed by atoms with Gasteiger partial charge < -0.3 is 19.5 Å². The van der Waals surface area contributed by atoms with Crippen LogP contribution in [0, 0.1) is 5.82 Å². The Morgan fingerprint density at radius 3 is 2.82 bits per heavy atom. The van der Waals surface area contributed by atoms with Gasteiger partial charge in [0.05, 0.1) is 5.69 Å². The van der Waals surface area contributed by atoms with Crippen LogP contribution >= 0.6 is 0 Å². The lowest BCUT2D eigenvalue weighted by atomic mass is 10.2. The number of para-hydroxylation sites is 1. The number of fused-ring (bicyclic) bond motifs is 1. The molecule has 0 aliphatic carbocycles. The van der Waals surface area contributed by atoms with E-state index in [0.29, 0.717) is 17.2 Å². The number of nitrogens with one attached hydrogen (secondary N) is 1. The molecule has 1 aliphatic rings. The Labute approximate surface area is 126 Å². The molecule has 2 aromatic carbocycles. The summed E-state index contributed by atoms with van der Waals surface area (Å²) in [6, 6.07) is 11.0. The average molecular weight is 303 g/mol. The van der Waals surface area contributed by atoms with Crippen molar-refractivity contribution in [2.45, 2.75) is 13.0 Å². The average Bonchev–Trinajstić information content (AvgIpc) is 2.97. The van der Waals surface area contributed by atoms with E-state index in [-0.39, 0.29) is 12.5 Å². The van der Waals surface area contributed by atoms with Crippen molar-refractivity contribution in [2.75, 3.05) is 12.1 Å². The Hall–Kier alpha value is -2.76. The first-order valence-electron chi connectivity index (χ1n) is 6.75. The van der Waals surface area contributed by atoms with Gasteiger partial charge in [-0.15, -0.1) is 0 Å². The van der Waals surface area contributed by atoms with Gasteiger partial charge in [-0.25, -0.2) is 4.39 Å². The molecule has 22 heavy (non-hydrogen) atoms. The molecule has 1 amide bonds. The largest absolute Gasteiger partial charge is 0.481 e. The fraction of sp³-hybridized carbons (Fsp3) is 0.188. The van der Waals surface area contributed by atoms with Gasteiger partial charge in [0.1, 0.15) is 11.6 Å². The van der Waals surface area contributed by atoms with Gasteiger partial charge in [-0.2, -0.15) is 0 Å². The molecule has 0 bridgehead atoms. The number of amides is 1. The quantitative estimate of drug-likeness (QED) is 0.943. The maximum Gasteiger partial charge on any atom is 0.265 e. The maximum atomic E-state index is 13.5. The number of hydrogen-bond acceptors (Lipinski definition) is 4. The van der Waals surface area contributed by atoms with E-state index in [0.717, 1.165) is 0 Å². The molecule has 0 radical (unpaired) electrons. The third-order valence-corrected chi connectivity index (χ3v) is 3.16. The Balaban J connectivity index is 1.65. The third-order valence-electron chi connectivity index (χ3n) is 3.16. The molecule has 1 N–H and O–H groups in total. The molecular weight excluding hydrogens is 289 g/mol. The summed E-state index contributed by atoms with van der Waals surface area (Å²) in [5.41, 5.74) is 0.119. The van der Waals surface area contributed by atoms with Crippen LogP contribution in [-0.2, 0) is 4.79 Å². The first-order valence-corrected chi connectivity index (χ1v) is 6.75. The standard InChI is InChI=1S/C16H14FNO4/c1-10(16(19)18-13-5-3-2-4-12(13)17)22-11-6-7-14-15(8-11)21-9-20-14/h2-8,10H,9H2,1H3,(H,18,19)/t10-/m0/s1. The predicted molar refractivity (Wildman–Crippen MR) is 77.7 cm³/mol. The van der Waals surface area contributed by atoms with E-state index in [9.17, 15) is 9.18 Å². The fourth-order valence-electron chi connectivity index (χ4n) is 2.00. The summed E-state index contributed by atoms with van der Waals surface area (Å²) in [4.78, 5) is 12.0. The zero-order valence-electron chi connectivity index (χ0n) is 11.8. The molecule has 0 spiro atoms. The lowest BCUT2D eigenvalue weighted by molar-refractivity contribution is -0.122. The second-order valence-electron chi connectivity index (χ2n) is 4.74. The van der Waals surface area contributed by atoms with Crippen molar-refractivity contribution in [1.29, 1.82) is 0 Å². The van der Waals surface area contributed by atoms with E-state index in [1.54, 1.807) is 37.3 Å². The molecule has 114 valence electrons. The van der Waals surface area contributed by atoms with Crippen LogP contribution in [0.15, 0.2) is 42.5 Å². The van der Waals surface area contributed by atoms with Gasteiger partial charge >= 0.3 is 0 Å². The van der Waals surface area contributed by atoms with Gasteiger partial charge in [0.15, 0.2) is 17.6 Å². The topological polar surface area (TPSA) is 56.8 Å². The Bertz CT molecular complexity index is 704. The van der Waals surface area contributed by atoms with Gasteiger partial charge in [-0.05, 0) is 31.2 Å². The Kier molecular flexibility index (Phi) is 3.82. The smallest absolute Gasteiger partial charge is 0.265 e. The number of anilines is 1. The number of ether oxygens (including phenoxy) is 3. The summed E-state index contributed by atoms with van der Waals surface area (Å²) < 4.78 is 29.5. The van der Waals surface area contributed by atoms with Gasteiger partial charge in [-0.1, -0.05) is 12.1 Å². The Morgan fingerprint density at radius 2 is 2.00 bits per heavy atom. The number of carbonyl (C=O) groups is 1. The highest BCUT2D eigenvalue weighted by Gasteiger charge is 2.19. The molecule has 0 fully saturated rings. The van der Waals surface area contributed by atoms with Crippen LogP contribution in [0.5, 0.6) is 17.2 Å². The van der Waals surface area contributed by atoms with Crippen molar-refractivity contribution in [2.24, 2.45) is 0 Å². The zero-order valence-corrected chi connectivity index (χ0v) is 11.8. The van der Waals surface area contributed by atoms with E-state index in [2.05, 4.69) is 5.32 Å². The lowest BCUT2D eigenvalue weighted by Gasteiger charge is -2.15. The number of hydrogen-bond donors (Lipinski definition) is 1. The van der Waals surface area contributed by atoms with Crippen LogP contribution in [-0.4, -0.2) is 18.8 Å². The zero-order chi connectivity index (χ0) is 15.5. The summed E-state index contributed by atoms with van der Waals surface area (Å²) in [5.74, 6) is 0.740. The van der Waals surface area contributed by atoms with Crippen molar-refractivity contribution in [1.82, 2.24) is 0 Å². The normalized spacial score (nSPS) is 13.5. The summed E-state index contributed by atoms with van der Waals surface area (Å²) in [7, 11) is 0. The van der Waals surface area contributed by atoms with Crippen molar-refractivity contribution >= 4 is 11.6 Å². The molecule has 1 aliphatic heterocycles. The first-order chi connectivity index (χ1) is 10.6. The van der Waals surface area contributed by atoms with Gasteiger partial charge in [-0.3, -0.25) is 4.79 Å². The summed E-state index contributed by atoms with van der Waals surface area (Å²) in [5, 5.41) is 2.49. The second-order valence-corrected chi connectivity index (χ2v) is 4.74. The third kappa shape index (κ3) is 2.95. The summed E-state index contributed by atoms with van der Waals surface area (Å²) in [6.07, 6.45) is -0.792. The van der Waals surface area contributed by atoms with E-state index in [1.165, 1.54) is 12.1 Å². The minimum absolute atomic E-state index is 0.119. The van der Waals surface area contributed by atoms with Crippen LogP contribution in [0.3, 0.4) is 0 Å². The van der Waals surface area contributed by atoms with E-state index < -0.39 is 17.8 Å². The van der Waals surface area contributed by atoms with Gasteiger partial charge in [0, 0.05) is 6.07 Å². The number of carbonyl (C=O) groups excluding carboxylic acids is 1. The first kappa shape index (κ1) is 14.2. The molecule has 0 unspecified atom stereocenters. The number of rotatable bonds is 4. The van der Waals surface area contributed by atoms with E-state index >= 15 is 0 Å². The van der Waals surface area contributed by atoms with Crippen LogP contribution in [0.1, 0.15) is 6.92 Å². The number of benzene rings is 2. The molecule has 5 nitrogen and oxygen atoms in total. The SMILES string of the molecule is C[C@H](Oc1ccc2c(c1)OCO2)C(=O)Nc1ccccc1F. The second kappa shape index (κ2) is 5.93. The highest BCUT2D eigenvalue weighted by molar-refractivity contribution is 5.94. The van der Waals surface area contributed by atoms with Crippen molar-refractivity contribution in [3.05, 3.63) is 48.3 Å². The van der Waals surface area contributed by atoms with Crippen LogP contribution in [0.25, 0.3) is 0 Å². The van der Waals surface area contributed by atoms with Crippen LogP contribution < -0.4 is 19.5 Å². The molecule has 0 saturated heterocycles. The minimum Gasteiger partial charge on any atom is -0.481 e. The molecule has 2 aromatic rings. The summed E-state index contributed by atoms with van der Waals surface area (Å²) >= 11 is 0. The van der Waals surface area contributed by atoms with Gasteiger partial charge in [0.25, 0.3) is 5.91 Å². The van der Waals surface area contributed by atoms with Crippen molar-refractivity contribution in [3.63, 3.8) is 0 Å². The van der Waals surface area contributed by atoms with Gasteiger partial charge in [0.2, 0.25) is 6.79 Å². The number of halogens is 1. The highest BCUT2D eigenvalue weighted by Crippen LogP contribution is 2.35. The summed E-state index contributed by atoms with van der Waals surface area (Å²) in [6.45, 7) is 1.75. The van der Waals surface area contributed by atoms with Crippen molar-refractivity contribution in [3.8, 4) is 17.2 Å². The fourth-order valence-corrected chi connectivity index (χ4v) is 2.00. The van der Waals surface area contributed by atoms with E-state index in [4.69, 9.17) is 14.2 Å². The monoisotopic (exact) mass is 303 g/mol. The minimum atomic E-state index is -0.792. The lowest BCUT2D eigenvalue weighted by Crippen LogP contribution is -2.30. The molecular formula is C16H14FNO4. The molecule has 1 heterocycles. The predicted octanol–water partition coefficient (Wildman–Crippen LogP) is 2.96. The molecule has 1 atom stereocenters. The maximum absolute atomic E-state index is 13.5. The van der Waals surface area contributed by atoms with Crippen molar-refractivity contribution < 1.29 is 23.4 Å².